The molecule has 3 saturated heterocycles. The minimum atomic E-state index is 0.210. The summed E-state index contributed by atoms with van der Waals surface area (Å²) in [5.41, 5.74) is 5.78. The van der Waals surface area contributed by atoms with Gasteiger partial charge in [0.2, 0.25) is 5.91 Å². The third kappa shape index (κ3) is 3.77. The van der Waals surface area contributed by atoms with Gasteiger partial charge in [-0.25, -0.2) is 9.97 Å². The molecule has 0 saturated carbocycles. The Hall–Kier alpha value is -1.89. The quantitative estimate of drug-likeness (QED) is 0.879. The number of hydrogen-bond acceptors (Lipinski definition) is 6. The van der Waals surface area contributed by atoms with Gasteiger partial charge in [-0.1, -0.05) is 0 Å². The predicted molar refractivity (Wildman–Crippen MR) is 102 cm³/mol. The summed E-state index contributed by atoms with van der Waals surface area (Å²) < 4.78 is 0. The molecule has 3 aliphatic heterocycles. The second kappa shape index (κ2) is 7.78. The zero-order chi connectivity index (χ0) is 17.9. The van der Waals surface area contributed by atoms with E-state index in [9.17, 15) is 4.79 Å². The number of hydrogen-bond donors (Lipinski definition) is 1. The molecule has 26 heavy (non-hydrogen) atoms. The van der Waals surface area contributed by atoms with Crippen molar-refractivity contribution in [3.63, 3.8) is 0 Å². The van der Waals surface area contributed by atoms with Crippen LogP contribution in [-0.4, -0.2) is 71.0 Å². The van der Waals surface area contributed by atoms with E-state index in [4.69, 9.17) is 5.73 Å². The van der Waals surface area contributed by atoms with E-state index in [0.29, 0.717) is 17.8 Å². The van der Waals surface area contributed by atoms with Crippen LogP contribution in [0, 0.1) is 5.92 Å². The lowest BCUT2D eigenvalue weighted by Gasteiger charge is -2.42. The van der Waals surface area contributed by atoms with Gasteiger partial charge in [-0.2, -0.15) is 0 Å². The second-order valence-corrected chi connectivity index (χ2v) is 7.89. The fourth-order valence-corrected chi connectivity index (χ4v) is 4.73. The summed E-state index contributed by atoms with van der Waals surface area (Å²) in [6.45, 7) is 5.99. The van der Waals surface area contributed by atoms with Crippen LogP contribution in [-0.2, 0) is 4.79 Å². The molecule has 2 N–H and O–H groups in total. The van der Waals surface area contributed by atoms with Crippen LogP contribution in [0.1, 0.15) is 38.5 Å². The fraction of sp³-hybridized carbons (Fsp3) is 0.737. The molecule has 0 aromatic carbocycles. The standard InChI is InChI=1S/C19H30N6O/c20-17-12-18(22-14-21-17)23-10-5-16(6-11-23)25-9-3-4-15(13-25)19(26)24-7-1-2-8-24/h12,14-16H,1-11,13H2,(H2,20,21,22). The molecule has 7 nitrogen and oxygen atoms in total. The van der Waals surface area contributed by atoms with Gasteiger partial charge in [-0.15, -0.1) is 0 Å². The van der Waals surface area contributed by atoms with Crippen LogP contribution < -0.4 is 10.6 Å². The van der Waals surface area contributed by atoms with Gasteiger partial charge in [0.05, 0.1) is 5.92 Å². The van der Waals surface area contributed by atoms with Crippen LogP contribution in [0.15, 0.2) is 12.4 Å². The van der Waals surface area contributed by atoms with Gasteiger partial charge < -0.3 is 15.5 Å². The zero-order valence-corrected chi connectivity index (χ0v) is 15.5. The molecule has 0 aliphatic carbocycles. The third-order valence-electron chi connectivity index (χ3n) is 6.20. The lowest BCUT2D eigenvalue weighted by Crippen LogP contribution is -2.51. The number of carbonyl (C=O) groups excluding carboxylic acids is 1. The van der Waals surface area contributed by atoms with Crippen LogP contribution >= 0.6 is 0 Å². The van der Waals surface area contributed by atoms with E-state index in [2.05, 4.69) is 24.7 Å². The van der Waals surface area contributed by atoms with E-state index in [1.165, 1.54) is 19.2 Å². The maximum absolute atomic E-state index is 12.8. The molecule has 0 bridgehead atoms. The summed E-state index contributed by atoms with van der Waals surface area (Å²) in [7, 11) is 0. The van der Waals surface area contributed by atoms with E-state index >= 15 is 0 Å². The number of rotatable bonds is 3. The van der Waals surface area contributed by atoms with E-state index < -0.39 is 0 Å². The maximum atomic E-state index is 12.8. The van der Waals surface area contributed by atoms with Gasteiger partial charge >= 0.3 is 0 Å². The number of piperidine rings is 2. The van der Waals surface area contributed by atoms with Gasteiger partial charge in [0.1, 0.15) is 18.0 Å². The molecular weight excluding hydrogens is 328 g/mol. The van der Waals surface area contributed by atoms with Gasteiger partial charge in [0, 0.05) is 44.8 Å². The molecule has 3 fully saturated rings. The fourth-order valence-electron chi connectivity index (χ4n) is 4.73. The summed E-state index contributed by atoms with van der Waals surface area (Å²) >= 11 is 0. The average molecular weight is 358 g/mol. The van der Waals surface area contributed by atoms with Crippen LogP contribution in [0.25, 0.3) is 0 Å². The Kier molecular flexibility index (Phi) is 5.24. The van der Waals surface area contributed by atoms with Crippen molar-refractivity contribution >= 4 is 17.5 Å². The minimum Gasteiger partial charge on any atom is -0.384 e. The molecule has 0 spiro atoms. The SMILES string of the molecule is Nc1cc(N2CCC(N3CCCC(C(=O)N4CCCC4)C3)CC2)ncn1. The summed E-state index contributed by atoms with van der Waals surface area (Å²) in [6, 6.07) is 2.44. The molecule has 3 aliphatic rings. The van der Waals surface area contributed by atoms with E-state index in [0.717, 1.165) is 70.8 Å². The van der Waals surface area contributed by atoms with Crippen molar-refractivity contribution < 1.29 is 4.79 Å². The van der Waals surface area contributed by atoms with Crippen molar-refractivity contribution in [3.8, 4) is 0 Å². The number of nitrogens with two attached hydrogens (primary N) is 1. The van der Waals surface area contributed by atoms with Crippen molar-refractivity contribution in [3.05, 3.63) is 12.4 Å². The van der Waals surface area contributed by atoms with Crippen LogP contribution in [0.5, 0.6) is 0 Å². The first-order valence-electron chi connectivity index (χ1n) is 10.1. The Morgan fingerprint density at radius 1 is 1.00 bits per heavy atom. The van der Waals surface area contributed by atoms with Crippen molar-refractivity contribution in [2.75, 3.05) is 49.9 Å². The van der Waals surface area contributed by atoms with Gasteiger partial charge in [-0.05, 0) is 45.1 Å². The molecule has 4 heterocycles. The first-order valence-corrected chi connectivity index (χ1v) is 10.1. The monoisotopic (exact) mass is 358 g/mol. The molecule has 1 amide bonds. The molecular formula is C19H30N6O. The summed E-state index contributed by atoms with van der Waals surface area (Å²) in [5.74, 6) is 2.07. The number of nitrogen functional groups attached to an aromatic ring is 1. The van der Waals surface area contributed by atoms with Gasteiger partial charge in [-0.3, -0.25) is 9.69 Å². The highest BCUT2D eigenvalue weighted by Crippen LogP contribution is 2.27. The Bertz CT molecular complexity index is 624. The van der Waals surface area contributed by atoms with Crippen molar-refractivity contribution in [1.29, 1.82) is 0 Å². The van der Waals surface area contributed by atoms with Crippen molar-refractivity contribution in [2.24, 2.45) is 5.92 Å². The molecule has 142 valence electrons. The number of nitrogens with zero attached hydrogens (tertiary/aromatic N) is 5. The first kappa shape index (κ1) is 17.5. The third-order valence-corrected chi connectivity index (χ3v) is 6.20. The van der Waals surface area contributed by atoms with E-state index in [1.807, 2.05) is 6.07 Å². The Labute approximate surface area is 155 Å². The second-order valence-electron chi connectivity index (χ2n) is 7.89. The summed E-state index contributed by atoms with van der Waals surface area (Å²) in [5, 5.41) is 0. The van der Waals surface area contributed by atoms with Crippen LogP contribution in [0.4, 0.5) is 11.6 Å². The smallest absolute Gasteiger partial charge is 0.226 e. The largest absolute Gasteiger partial charge is 0.384 e. The highest BCUT2D eigenvalue weighted by atomic mass is 16.2. The summed E-state index contributed by atoms with van der Waals surface area (Å²) in [6.07, 6.45) is 8.33. The van der Waals surface area contributed by atoms with Crippen molar-refractivity contribution in [2.45, 2.75) is 44.6 Å². The average Bonchev–Trinajstić information content (AvgIpc) is 3.22. The maximum Gasteiger partial charge on any atom is 0.226 e. The predicted octanol–water partition coefficient (Wildman–Crippen LogP) is 1.36. The number of amides is 1. The number of anilines is 2. The highest BCUT2D eigenvalue weighted by Gasteiger charge is 2.34. The number of carbonyl (C=O) groups is 1. The molecule has 7 heteroatoms. The van der Waals surface area contributed by atoms with Crippen LogP contribution in [0.2, 0.25) is 0 Å². The van der Waals surface area contributed by atoms with E-state index in [-0.39, 0.29) is 5.92 Å². The topological polar surface area (TPSA) is 78.6 Å². The van der Waals surface area contributed by atoms with Gasteiger partial charge in [0.15, 0.2) is 0 Å². The minimum absolute atomic E-state index is 0.210. The Balaban J connectivity index is 1.31. The normalized spacial score (nSPS) is 25.6. The van der Waals surface area contributed by atoms with Crippen LogP contribution in [0.3, 0.4) is 0 Å². The number of aromatic nitrogens is 2. The first-order chi connectivity index (χ1) is 12.7. The van der Waals surface area contributed by atoms with Gasteiger partial charge in [0.25, 0.3) is 0 Å². The number of likely N-dealkylation sites (tertiary alicyclic amines) is 2. The highest BCUT2D eigenvalue weighted by molar-refractivity contribution is 5.79. The lowest BCUT2D eigenvalue weighted by molar-refractivity contribution is -0.136. The Morgan fingerprint density at radius 3 is 2.50 bits per heavy atom. The van der Waals surface area contributed by atoms with Crippen molar-refractivity contribution in [1.82, 2.24) is 19.8 Å². The molecule has 1 aromatic rings. The molecule has 1 aromatic heterocycles. The molecule has 1 unspecified atom stereocenters. The lowest BCUT2D eigenvalue weighted by atomic mass is 9.93. The molecule has 1 atom stereocenters. The summed E-state index contributed by atoms with van der Waals surface area (Å²) in [4.78, 5) is 28.1. The molecule has 0 radical (unpaired) electrons. The molecule has 4 rings (SSSR count). The zero-order valence-electron chi connectivity index (χ0n) is 15.5. The van der Waals surface area contributed by atoms with E-state index in [1.54, 1.807) is 0 Å². The Morgan fingerprint density at radius 2 is 1.77 bits per heavy atom.